The van der Waals surface area contributed by atoms with Crippen LogP contribution in [-0.2, 0) is 0 Å². The van der Waals surface area contributed by atoms with Crippen LogP contribution in [0.5, 0.6) is 0 Å². The number of halogens is 2. The Kier molecular flexibility index (Phi) is 3.40. The van der Waals surface area contributed by atoms with Crippen LogP contribution in [0, 0.1) is 11.7 Å². The number of aromatic amines is 1. The molecule has 1 unspecified atom stereocenters. The van der Waals surface area contributed by atoms with Gasteiger partial charge in [0.05, 0.1) is 34.3 Å². The monoisotopic (exact) mass is 370 g/mol. The number of nitrogens with zero attached hydrogens (tertiary/aromatic N) is 4. The van der Waals surface area contributed by atoms with Gasteiger partial charge in [-0.05, 0) is 25.7 Å². The van der Waals surface area contributed by atoms with Gasteiger partial charge in [0.25, 0.3) is 0 Å². The first-order chi connectivity index (χ1) is 12.6. The Hall–Kier alpha value is -2.67. The summed E-state index contributed by atoms with van der Waals surface area (Å²) in [5, 5.41) is 11.1. The first-order valence-corrected chi connectivity index (χ1v) is 8.91. The lowest BCUT2D eigenvalue weighted by Crippen LogP contribution is -2.18. The molecule has 1 atom stereocenters. The summed E-state index contributed by atoms with van der Waals surface area (Å²) in [6.45, 7) is 2.07. The first kappa shape index (κ1) is 15.6. The predicted octanol–water partition coefficient (Wildman–Crippen LogP) is 4.28. The highest BCUT2D eigenvalue weighted by Crippen LogP contribution is 2.42. The highest BCUT2D eigenvalue weighted by atomic mass is 35.5. The zero-order valence-corrected chi connectivity index (χ0v) is 14.8. The summed E-state index contributed by atoms with van der Waals surface area (Å²) in [6.07, 6.45) is 10.9. The molecule has 0 amide bonds. The summed E-state index contributed by atoms with van der Waals surface area (Å²) in [4.78, 5) is 8.59. The first-order valence-electron chi connectivity index (χ1n) is 8.53. The second-order valence-corrected chi connectivity index (χ2v) is 7.15. The van der Waals surface area contributed by atoms with Crippen LogP contribution >= 0.6 is 11.6 Å². The van der Waals surface area contributed by atoms with Gasteiger partial charge >= 0.3 is 0 Å². The Morgan fingerprint density at radius 2 is 2.19 bits per heavy atom. The fourth-order valence-electron chi connectivity index (χ4n) is 3.40. The number of anilines is 1. The molecule has 5 rings (SSSR count). The molecule has 2 N–H and O–H groups in total. The zero-order chi connectivity index (χ0) is 17.8. The molecule has 1 saturated carbocycles. The number of H-pyrrole nitrogens is 1. The molecule has 0 bridgehead atoms. The second kappa shape index (κ2) is 5.67. The van der Waals surface area contributed by atoms with Crippen molar-refractivity contribution < 1.29 is 4.39 Å². The Labute approximate surface area is 153 Å². The van der Waals surface area contributed by atoms with Crippen molar-refractivity contribution in [2.24, 2.45) is 5.92 Å². The fourth-order valence-corrected chi connectivity index (χ4v) is 3.69. The van der Waals surface area contributed by atoms with E-state index >= 15 is 4.39 Å². The van der Waals surface area contributed by atoms with Gasteiger partial charge in [-0.1, -0.05) is 11.6 Å². The lowest BCUT2D eigenvalue weighted by atomic mass is 10.0. The van der Waals surface area contributed by atoms with E-state index in [-0.39, 0.29) is 11.1 Å². The topological polar surface area (TPSA) is 70.9 Å². The van der Waals surface area contributed by atoms with E-state index in [1.807, 2.05) is 10.6 Å². The third-order valence-electron chi connectivity index (χ3n) is 5.03. The molecule has 132 valence electrons. The molecule has 26 heavy (non-hydrogen) atoms. The predicted molar refractivity (Wildman–Crippen MR) is 98.9 cm³/mol. The third-order valence-corrected chi connectivity index (χ3v) is 5.38. The normalized spacial score (nSPS) is 15.7. The minimum Gasteiger partial charge on any atom is -0.378 e. The molecule has 1 fully saturated rings. The van der Waals surface area contributed by atoms with Gasteiger partial charge in [0.15, 0.2) is 11.5 Å². The molecule has 1 aliphatic rings. The number of rotatable bonds is 4. The third kappa shape index (κ3) is 2.34. The molecule has 3 aromatic heterocycles. The number of aromatic nitrogens is 5. The Morgan fingerprint density at radius 1 is 1.35 bits per heavy atom. The average molecular weight is 371 g/mol. The lowest BCUT2D eigenvalue weighted by molar-refractivity contribution is 0.621. The molecule has 0 aliphatic heterocycles. The van der Waals surface area contributed by atoms with E-state index in [2.05, 4.69) is 32.4 Å². The van der Waals surface area contributed by atoms with Gasteiger partial charge in [-0.2, -0.15) is 5.10 Å². The van der Waals surface area contributed by atoms with E-state index in [1.165, 1.54) is 12.8 Å². The van der Waals surface area contributed by atoms with Crippen molar-refractivity contribution in [1.29, 1.82) is 0 Å². The number of hydrogen-bond donors (Lipinski definition) is 2. The number of benzene rings is 1. The molecule has 8 heteroatoms. The van der Waals surface area contributed by atoms with Crippen LogP contribution < -0.4 is 5.32 Å². The zero-order valence-electron chi connectivity index (χ0n) is 14.0. The van der Waals surface area contributed by atoms with Crippen molar-refractivity contribution >= 4 is 33.8 Å². The molecule has 3 heterocycles. The molecule has 4 aromatic rings. The van der Waals surface area contributed by atoms with E-state index < -0.39 is 5.82 Å². The van der Waals surface area contributed by atoms with E-state index in [0.717, 1.165) is 5.39 Å². The molecule has 1 aromatic carbocycles. The van der Waals surface area contributed by atoms with Gasteiger partial charge in [0.1, 0.15) is 0 Å². The molecule has 1 aliphatic carbocycles. The van der Waals surface area contributed by atoms with E-state index in [1.54, 1.807) is 24.8 Å². The van der Waals surface area contributed by atoms with E-state index in [4.69, 9.17) is 11.6 Å². The van der Waals surface area contributed by atoms with Gasteiger partial charge in [-0.15, -0.1) is 0 Å². The van der Waals surface area contributed by atoms with Crippen LogP contribution in [0.1, 0.15) is 19.8 Å². The Bertz CT molecular complexity index is 1130. The highest BCUT2D eigenvalue weighted by Gasteiger charge is 2.30. The fraction of sp³-hybridized carbons (Fsp3) is 0.278. The maximum atomic E-state index is 15.2. The molecule has 0 radical (unpaired) electrons. The average Bonchev–Trinajstić information content (AvgIpc) is 3.20. The Balaban J connectivity index is 1.70. The summed E-state index contributed by atoms with van der Waals surface area (Å²) >= 11 is 6.45. The number of imidazole rings is 1. The van der Waals surface area contributed by atoms with Crippen molar-refractivity contribution in [3.8, 4) is 11.3 Å². The molecule has 0 saturated heterocycles. The van der Waals surface area contributed by atoms with Crippen molar-refractivity contribution in [2.45, 2.75) is 25.8 Å². The summed E-state index contributed by atoms with van der Waals surface area (Å²) in [7, 11) is 0. The summed E-state index contributed by atoms with van der Waals surface area (Å²) < 4.78 is 17.0. The van der Waals surface area contributed by atoms with Gasteiger partial charge in [0, 0.05) is 35.6 Å². The summed E-state index contributed by atoms with van der Waals surface area (Å²) in [5.74, 6) is 0.0922. The molecule has 6 nitrogen and oxygen atoms in total. The maximum absolute atomic E-state index is 15.2. The summed E-state index contributed by atoms with van der Waals surface area (Å²) in [6, 6.07) is 0.179. The van der Waals surface area contributed by atoms with Gasteiger partial charge < -0.3 is 9.72 Å². The van der Waals surface area contributed by atoms with Crippen LogP contribution in [0.2, 0.25) is 5.02 Å². The standard InChI is InChI=1S/C18H16ClFN6/c1-9(10-2-3-10)24-18-16(20)15(19)14(11-6-23-25-17(11)18)12-8-26-5-4-21-13(26)7-22-12/h4-10,24H,2-3H2,1H3,(H,23,25). The molecule has 0 spiro atoms. The summed E-state index contributed by atoms with van der Waals surface area (Å²) in [5.41, 5.74) is 2.77. The highest BCUT2D eigenvalue weighted by molar-refractivity contribution is 6.35. The van der Waals surface area contributed by atoms with Crippen LogP contribution in [0.3, 0.4) is 0 Å². The lowest BCUT2D eigenvalue weighted by Gasteiger charge is -2.18. The van der Waals surface area contributed by atoms with Crippen LogP contribution in [0.4, 0.5) is 10.1 Å². The molecular weight excluding hydrogens is 355 g/mol. The van der Waals surface area contributed by atoms with E-state index in [0.29, 0.717) is 34.0 Å². The number of fused-ring (bicyclic) bond motifs is 2. The Morgan fingerprint density at radius 3 is 3.00 bits per heavy atom. The van der Waals surface area contributed by atoms with Crippen molar-refractivity contribution in [3.05, 3.63) is 41.8 Å². The SMILES string of the molecule is CC(Nc1c(F)c(Cl)c(-c2cn3ccnc3cn2)c2cn[nH]c12)C1CC1. The van der Waals surface area contributed by atoms with Crippen LogP contribution in [0.15, 0.2) is 31.0 Å². The van der Waals surface area contributed by atoms with E-state index in [9.17, 15) is 0 Å². The van der Waals surface area contributed by atoms with Crippen molar-refractivity contribution in [3.63, 3.8) is 0 Å². The minimum atomic E-state index is -0.488. The molecular formula is C18H16ClFN6. The quantitative estimate of drug-likeness (QED) is 0.562. The van der Waals surface area contributed by atoms with Gasteiger partial charge in [-0.25, -0.2) is 9.37 Å². The van der Waals surface area contributed by atoms with Crippen LogP contribution in [-0.4, -0.2) is 30.6 Å². The van der Waals surface area contributed by atoms with Crippen molar-refractivity contribution in [1.82, 2.24) is 24.6 Å². The second-order valence-electron chi connectivity index (χ2n) is 6.77. The minimum absolute atomic E-state index is 0.0383. The number of nitrogens with one attached hydrogen (secondary N) is 2. The van der Waals surface area contributed by atoms with Crippen LogP contribution in [0.25, 0.3) is 27.8 Å². The van der Waals surface area contributed by atoms with Gasteiger partial charge in [0.2, 0.25) is 0 Å². The smallest absolute Gasteiger partial charge is 0.167 e. The van der Waals surface area contributed by atoms with Gasteiger partial charge in [-0.3, -0.25) is 10.1 Å². The largest absolute Gasteiger partial charge is 0.378 e. The number of hydrogen-bond acceptors (Lipinski definition) is 4. The van der Waals surface area contributed by atoms with Crippen molar-refractivity contribution in [2.75, 3.05) is 5.32 Å². The maximum Gasteiger partial charge on any atom is 0.167 e.